The zero-order valence-corrected chi connectivity index (χ0v) is 34.7. The molecule has 0 spiro atoms. The number of hydrogen-bond acceptors (Lipinski definition) is 6. The van der Waals surface area contributed by atoms with Crippen molar-refractivity contribution in [1.29, 1.82) is 0 Å². The number of pyridine rings is 1. The van der Waals surface area contributed by atoms with Crippen molar-refractivity contribution in [3.05, 3.63) is 142 Å². The fraction of sp³-hybridized carbons (Fsp3) is 0.404. The topological polar surface area (TPSA) is 84.2 Å². The smallest absolute Gasteiger partial charge is 0.277 e. The van der Waals surface area contributed by atoms with Crippen LogP contribution < -0.4 is 16.2 Å². The molecule has 296 valence electrons. The van der Waals surface area contributed by atoms with Gasteiger partial charge in [0.1, 0.15) is 17.3 Å². The Morgan fingerprint density at radius 3 is 2.18 bits per heavy atom. The van der Waals surface area contributed by atoms with Crippen LogP contribution in [0.1, 0.15) is 110 Å². The zero-order chi connectivity index (χ0) is 40.4. The van der Waals surface area contributed by atoms with Crippen LogP contribution in [-0.4, -0.2) is 39.9 Å². The van der Waals surface area contributed by atoms with Crippen molar-refractivity contribution in [2.45, 2.75) is 112 Å². The molecule has 5 rings (SSSR count). The number of halogens is 1. The molecule has 2 aromatic carbocycles. The number of nitrogens with zero attached hydrogens (tertiary/aromatic N) is 4. The Balaban J connectivity index is 0.000000372. The average Bonchev–Trinajstić information content (AvgIpc) is 3.17. The average molecular weight is 749 g/mol. The van der Waals surface area contributed by atoms with E-state index in [0.717, 1.165) is 29.9 Å². The molecule has 0 aliphatic heterocycles. The fourth-order valence-electron chi connectivity index (χ4n) is 5.31. The van der Waals surface area contributed by atoms with Crippen LogP contribution in [0.25, 0.3) is 17.5 Å². The third-order valence-electron chi connectivity index (χ3n) is 8.90. The third-order valence-corrected chi connectivity index (χ3v) is 8.90. The molecule has 2 aromatic heterocycles. The van der Waals surface area contributed by atoms with E-state index in [1.807, 2.05) is 76.6 Å². The maximum Gasteiger partial charge on any atom is 0.277 e. The molecule has 1 saturated carbocycles. The number of aliphatic imine (C=N–C) groups is 1. The minimum Gasteiger partial charge on any atom is -0.371 e. The summed E-state index contributed by atoms with van der Waals surface area (Å²) in [6.45, 7) is 19.4. The molecular weight excluding hydrogens is 684 g/mol. The standard InChI is InChI=1S/C26H27FN4O.C13H20N2.C4H8.C4H10/c1-5-16-31-25(21-14-10-11-15-22(21)27)28-17-24(26(31)32)30-19(4)23(6-2)29-18(3)20-12-8-7-9-13-20;1-4-5-12-6-7-15-10-13(12)8-11(2)9-14-3;1-2-4-3-1;1-3-4-2/h5-15,17,19,30H,1,16H2,2-4H3;6-8,10,14H,4-5,9H2,1-3H3;1-4H2;3-4H2,1-2H3/b23-6-,29-18?;11-8+;;. The van der Waals surface area contributed by atoms with E-state index in [2.05, 4.69) is 67.0 Å². The van der Waals surface area contributed by atoms with Gasteiger partial charge >= 0.3 is 0 Å². The first kappa shape index (κ1) is 46.2. The lowest BCUT2D eigenvalue weighted by Gasteiger charge is -2.18. The number of unbranched alkanes of at least 4 members (excludes halogenated alkanes) is 1. The summed E-state index contributed by atoms with van der Waals surface area (Å²) < 4.78 is 15.7. The Morgan fingerprint density at radius 2 is 1.62 bits per heavy atom. The number of aromatic nitrogens is 3. The molecule has 1 aliphatic carbocycles. The molecule has 0 bridgehead atoms. The van der Waals surface area contributed by atoms with E-state index in [0.29, 0.717) is 5.69 Å². The molecule has 2 N–H and O–H groups in total. The maximum atomic E-state index is 14.3. The summed E-state index contributed by atoms with van der Waals surface area (Å²) in [5, 5.41) is 6.36. The van der Waals surface area contributed by atoms with Crippen molar-refractivity contribution < 1.29 is 4.39 Å². The number of rotatable bonds is 14. The summed E-state index contributed by atoms with van der Waals surface area (Å²) in [4.78, 5) is 26.5. The Bertz CT molecular complexity index is 1850. The zero-order valence-electron chi connectivity index (χ0n) is 34.7. The normalized spacial score (nSPS) is 13.1. The largest absolute Gasteiger partial charge is 0.371 e. The summed E-state index contributed by atoms with van der Waals surface area (Å²) in [6, 6.07) is 18.0. The third kappa shape index (κ3) is 16.1. The monoisotopic (exact) mass is 749 g/mol. The van der Waals surface area contributed by atoms with Gasteiger partial charge in [0.2, 0.25) is 0 Å². The molecule has 8 heteroatoms. The van der Waals surface area contributed by atoms with Crippen molar-refractivity contribution >= 4 is 17.5 Å². The SMILES string of the molecule is C1CCC1.C=CCn1c(-c2ccccc2F)ncc(NC(C)/C(=C/C)N=C(C)c2ccccc2)c1=O.CCCC.CCCc1ccncc1/C=C(\C)CNC. The van der Waals surface area contributed by atoms with Crippen LogP contribution in [-0.2, 0) is 13.0 Å². The van der Waals surface area contributed by atoms with Crippen LogP contribution in [0.2, 0.25) is 0 Å². The van der Waals surface area contributed by atoms with Gasteiger partial charge in [-0.25, -0.2) is 9.37 Å². The number of aryl methyl sites for hydroxylation is 1. The Morgan fingerprint density at radius 1 is 0.964 bits per heavy atom. The van der Waals surface area contributed by atoms with E-state index in [9.17, 15) is 9.18 Å². The lowest BCUT2D eigenvalue weighted by Crippen LogP contribution is -2.29. The van der Waals surface area contributed by atoms with Crippen molar-refractivity contribution in [2.75, 3.05) is 18.9 Å². The van der Waals surface area contributed by atoms with Crippen LogP contribution in [0.15, 0.2) is 119 Å². The number of benzene rings is 2. The highest BCUT2D eigenvalue weighted by Crippen LogP contribution is 2.21. The summed E-state index contributed by atoms with van der Waals surface area (Å²) >= 11 is 0. The molecule has 1 atom stereocenters. The van der Waals surface area contributed by atoms with Crippen molar-refractivity contribution in [3.8, 4) is 11.4 Å². The summed E-state index contributed by atoms with van der Waals surface area (Å²) in [5.74, 6) is -0.177. The lowest BCUT2D eigenvalue weighted by atomic mass is 10.0. The van der Waals surface area contributed by atoms with Crippen LogP contribution >= 0.6 is 0 Å². The predicted molar refractivity (Wildman–Crippen MR) is 234 cm³/mol. The first-order chi connectivity index (χ1) is 26.6. The van der Waals surface area contributed by atoms with E-state index < -0.39 is 5.82 Å². The van der Waals surface area contributed by atoms with E-state index in [1.165, 1.54) is 78.5 Å². The maximum absolute atomic E-state index is 14.3. The van der Waals surface area contributed by atoms with Crippen molar-refractivity contribution in [1.82, 2.24) is 19.9 Å². The number of hydrogen-bond donors (Lipinski definition) is 2. The van der Waals surface area contributed by atoms with Gasteiger partial charge in [-0.05, 0) is 76.1 Å². The highest BCUT2D eigenvalue weighted by atomic mass is 19.1. The number of nitrogens with one attached hydrogen (secondary N) is 2. The van der Waals surface area contributed by atoms with Crippen LogP contribution in [0, 0.1) is 5.82 Å². The molecular formula is C47H65FN6O. The number of likely N-dealkylation sites (N-methyl/N-ethyl adjacent to an activating group) is 1. The van der Waals surface area contributed by atoms with Gasteiger partial charge in [-0.15, -0.1) is 6.58 Å². The molecule has 0 radical (unpaired) electrons. The lowest BCUT2D eigenvalue weighted by molar-refractivity contribution is 0.504. The first-order valence-corrected chi connectivity index (χ1v) is 19.9. The highest BCUT2D eigenvalue weighted by molar-refractivity contribution is 5.99. The summed E-state index contributed by atoms with van der Waals surface area (Å²) in [6.07, 6.45) is 21.9. The number of allylic oxidation sites excluding steroid dienone is 2. The molecule has 4 aromatic rings. The molecule has 1 unspecified atom stereocenters. The second-order valence-electron chi connectivity index (χ2n) is 13.6. The van der Waals surface area contributed by atoms with E-state index in [1.54, 1.807) is 24.3 Å². The van der Waals surface area contributed by atoms with Crippen LogP contribution in [0.4, 0.5) is 10.1 Å². The van der Waals surface area contributed by atoms with Gasteiger partial charge in [-0.3, -0.25) is 19.3 Å². The van der Waals surface area contributed by atoms with Gasteiger partial charge in [-0.2, -0.15) is 0 Å². The Kier molecular flexibility index (Phi) is 22.5. The second kappa shape index (κ2) is 26.8. The number of anilines is 1. The van der Waals surface area contributed by atoms with Gasteiger partial charge in [-0.1, -0.05) is 132 Å². The van der Waals surface area contributed by atoms with Gasteiger partial charge < -0.3 is 10.6 Å². The van der Waals surface area contributed by atoms with Crippen LogP contribution in [0.3, 0.4) is 0 Å². The van der Waals surface area contributed by atoms with Crippen molar-refractivity contribution in [2.24, 2.45) is 4.99 Å². The fourth-order valence-corrected chi connectivity index (χ4v) is 5.31. The molecule has 1 fully saturated rings. The minimum atomic E-state index is -0.437. The highest BCUT2D eigenvalue weighted by Gasteiger charge is 2.17. The molecule has 7 nitrogen and oxygen atoms in total. The molecule has 0 amide bonds. The summed E-state index contributed by atoms with van der Waals surface area (Å²) in [7, 11) is 1.97. The van der Waals surface area contributed by atoms with E-state index in [4.69, 9.17) is 4.99 Å². The van der Waals surface area contributed by atoms with Gasteiger partial charge in [0, 0.05) is 31.2 Å². The van der Waals surface area contributed by atoms with E-state index >= 15 is 0 Å². The second-order valence-corrected chi connectivity index (χ2v) is 13.6. The van der Waals surface area contributed by atoms with Gasteiger partial charge in [0.25, 0.3) is 5.56 Å². The minimum absolute atomic E-state index is 0.209. The molecule has 2 heterocycles. The Hall–Kier alpha value is -4.95. The van der Waals surface area contributed by atoms with Crippen molar-refractivity contribution in [3.63, 3.8) is 0 Å². The molecule has 55 heavy (non-hydrogen) atoms. The quantitative estimate of drug-likeness (QED) is 0.0991. The summed E-state index contributed by atoms with van der Waals surface area (Å²) in [5.41, 5.74) is 6.96. The van der Waals surface area contributed by atoms with E-state index in [-0.39, 0.29) is 29.5 Å². The molecule has 1 aliphatic rings. The van der Waals surface area contributed by atoms with Gasteiger partial charge in [0.15, 0.2) is 0 Å². The molecule has 0 saturated heterocycles. The predicted octanol–water partition coefficient (Wildman–Crippen LogP) is 11.5. The van der Waals surface area contributed by atoms with Crippen LogP contribution in [0.5, 0.6) is 0 Å². The Labute approximate surface area is 330 Å². The first-order valence-electron chi connectivity index (χ1n) is 19.9. The van der Waals surface area contributed by atoms with Gasteiger partial charge in [0.05, 0.1) is 23.5 Å².